The average Bonchev–Trinajstić information content (AvgIpc) is 2.49. The SMILES string of the molecule is CCCC(N)N(Cc1ccccc1)Cc1ccccc1. The molecule has 2 nitrogen and oxygen atoms in total. The van der Waals surface area contributed by atoms with E-state index in [4.69, 9.17) is 5.73 Å². The highest BCUT2D eigenvalue weighted by Gasteiger charge is 2.14. The zero-order valence-corrected chi connectivity index (χ0v) is 12.2. The van der Waals surface area contributed by atoms with Crippen molar-refractivity contribution in [3.8, 4) is 0 Å². The van der Waals surface area contributed by atoms with Gasteiger partial charge in [0, 0.05) is 13.1 Å². The molecule has 2 aromatic carbocycles. The summed E-state index contributed by atoms with van der Waals surface area (Å²) in [6.07, 6.45) is 2.25. The van der Waals surface area contributed by atoms with E-state index in [1.54, 1.807) is 0 Å². The Morgan fingerprint density at radius 3 is 1.70 bits per heavy atom. The first-order valence-corrected chi connectivity index (χ1v) is 7.37. The molecule has 0 bridgehead atoms. The molecule has 0 radical (unpaired) electrons. The molecule has 2 N–H and O–H groups in total. The number of nitrogens with two attached hydrogens (primary N) is 1. The van der Waals surface area contributed by atoms with Crippen molar-refractivity contribution in [2.45, 2.75) is 39.0 Å². The highest BCUT2D eigenvalue weighted by Crippen LogP contribution is 2.13. The van der Waals surface area contributed by atoms with E-state index < -0.39 is 0 Å². The Morgan fingerprint density at radius 2 is 1.30 bits per heavy atom. The molecule has 0 saturated carbocycles. The van der Waals surface area contributed by atoms with Crippen molar-refractivity contribution < 1.29 is 0 Å². The average molecular weight is 268 g/mol. The summed E-state index contributed by atoms with van der Waals surface area (Å²) in [6, 6.07) is 21.1. The minimum atomic E-state index is 0.111. The lowest BCUT2D eigenvalue weighted by molar-refractivity contribution is 0.171. The first-order valence-electron chi connectivity index (χ1n) is 7.37. The van der Waals surface area contributed by atoms with E-state index in [1.807, 2.05) is 0 Å². The number of hydrogen-bond donors (Lipinski definition) is 1. The second kappa shape index (κ2) is 7.83. The summed E-state index contributed by atoms with van der Waals surface area (Å²) in [5.74, 6) is 0. The molecule has 1 unspecified atom stereocenters. The molecule has 0 aromatic heterocycles. The van der Waals surface area contributed by atoms with Gasteiger partial charge in [-0.1, -0.05) is 74.0 Å². The monoisotopic (exact) mass is 268 g/mol. The molecule has 0 heterocycles. The second-order valence-electron chi connectivity index (χ2n) is 5.23. The molecule has 2 rings (SSSR count). The molecule has 106 valence electrons. The topological polar surface area (TPSA) is 29.3 Å². The Labute approximate surface area is 122 Å². The van der Waals surface area contributed by atoms with Crippen LogP contribution < -0.4 is 5.73 Å². The van der Waals surface area contributed by atoms with E-state index in [0.717, 1.165) is 25.9 Å². The van der Waals surface area contributed by atoms with Crippen molar-refractivity contribution in [1.29, 1.82) is 0 Å². The molecule has 20 heavy (non-hydrogen) atoms. The molecule has 2 aromatic rings. The summed E-state index contributed by atoms with van der Waals surface area (Å²) in [5.41, 5.74) is 8.98. The summed E-state index contributed by atoms with van der Waals surface area (Å²) in [7, 11) is 0. The molecule has 0 aliphatic heterocycles. The van der Waals surface area contributed by atoms with Gasteiger partial charge in [0.1, 0.15) is 0 Å². The van der Waals surface area contributed by atoms with Gasteiger partial charge in [0.05, 0.1) is 6.17 Å². The lowest BCUT2D eigenvalue weighted by atomic mass is 10.1. The first-order chi connectivity index (χ1) is 9.79. The molecule has 0 saturated heterocycles. The minimum Gasteiger partial charge on any atom is -0.316 e. The van der Waals surface area contributed by atoms with Crippen LogP contribution >= 0.6 is 0 Å². The van der Waals surface area contributed by atoms with Gasteiger partial charge in [0.2, 0.25) is 0 Å². The Balaban J connectivity index is 2.08. The molecule has 0 spiro atoms. The zero-order valence-electron chi connectivity index (χ0n) is 12.2. The van der Waals surface area contributed by atoms with Crippen LogP contribution in [0.1, 0.15) is 30.9 Å². The van der Waals surface area contributed by atoms with Crippen LogP contribution in [-0.4, -0.2) is 11.1 Å². The molecule has 0 amide bonds. The van der Waals surface area contributed by atoms with Crippen molar-refractivity contribution in [2.24, 2.45) is 5.73 Å². The van der Waals surface area contributed by atoms with Crippen LogP contribution in [0.15, 0.2) is 60.7 Å². The van der Waals surface area contributed by atoms with Crippen molar-refractivity contribution in [3.63, 3.8) is 0 Å². The van der Waals surface area contributed by atoms with E-state index in [0.29, 0.717) is 0 Å². The summed E-state index contributed by atoms with van der Waals surface area (Å²) >= 11 is 0. The van der Waals surface area contributed by atoms with Crippen LogP contribution in [-0.2, 0) is 13.1 Å². The Hall–Kier alpha value is -1.64. The summed E-state index contributed by atoms with van der Waals surface area (Å²) in [6.45, 7) is 3.98. The van der Waals surface area contributed by atoms with Crippen LogP contribution in [0.2, 0.25) is 0 Å². The Morgan fingerprint density at radius 1 is 0.850 bits per heavy atom. The molecular formula is C18H24N2. The highest BCUT2D eigenvalue weighted by atomic mass is 15.2. The maximum Gasteiger partial charge on any atom is 0.0578 e. The molecule has 0 fully saturated rings. The van der Waals surface area contributed by atoms with Crippen molar-refractivity contribution in [2.75, 3.05) is 0 Å². The smallest absolute Gasteiger partial charge is 0.0578 e. The van der Waals surface area contributed by atoms with E-state index >= 15 is 0 Å². The molecule has 2 heteroatoms. The lowest BCUT2D eigenvalue weighted by Gasteiger charge is -2.29. The Bertz CT molecular complexity index is 440. The maximum atomic E-state index is 6.35. The molecular weight excluding hydrogens is 244 g/mol. The first kappa shape index (κ1) is 14.8. The van der Waals surface area contributed by atoms with Gasteiger partial charge in [-0.05, 0) is 17.5 Å². The largest absolute Gasteiger partial charge is 0.316 e. The van der Waals surface area contributed by atoms with Gasteiger partial charge < -0.3 is 5.73 Å². The maximum absolute atomic E-state index is 6.35. The van der Waals surface area contributed by atoms with Crippen LogP contribution in [0, 0.1) is 0 Å². The molecule has 0 aliphatic carbocycles. The number of nitrogens with zero attached hydrogens (tertiary/aromatic N) is 1. The highest BCUT2D eigenvalue weighted by molar-refractivity contribution is 5.17. The van der Waals surface area contributed by atoms with Crippen molar-refractivity contribution in [1.82, 2.24) is 4.90 Å². The van der Waals surface area contributed by atoms with E-state index in [1.165, 1.54) is 11.1 Å². The fourth-order valence-corrected chi connectivity index (χ4v) is 2.40. The van der Waals surface area contributed by atoms with Crippen LogP contribution in [0.3, 0.4) is 0 Å². The van der Waals surface area contributed by atoms with Crippen LogP contribution in [0.25, 0.3) is 0 Å². The van der Waals surface area contributed by atoms with Gasteiger partial charge in [-0.15, -0.1) is 0 Å². The molecule has 0 aliphatic rings. The third-order valence-electron chi connectivity index (χ3n) is 3.51. The van der Waals surface area contributed by atoms with Gasteiger partial charge in [-0.25, -0.2) is 0 Å². The van der Waals surface area contributed by atoms with Gasteiger partial charge in [-0.2, -0.15) is 0 Å². The predicted molar refractivity (Wildman–Crippen MR) is 85.0 cm³/mol. The summed E-state index contributed by atoms with van der Waals surface area (Å²) in [4.78, 5) is 2.36. The lowest BCUT2D eigenvalue weighted by Crippen LogP contribution is -2.40. The van der Waals surface area contributed by atoms with Crippen LogP contribution in [0.4, 0.5) is 0 Å². The molecule has 1 atom stereocenters. The Kier molecular flexibility index (Phi) is 5.78. The summed E-state index contributed by atoms with van der Waals surface area (Å²) in [5, 5.41) is 0. The number of hydrogen-bond acceptors (Lipinski definition) is 2. The fraction of sp³-hybridized carbons (Fsp3) is 0.333. The van der Waals surface area contributed by atoms with Gasteiger partial charge >= 0.3 is 0 Å². The predicted octanol–water partition coefficient (Wildman–Crippen LogP) is 3.77. The quantitative estimate of drug-likeness (QED) is 0.774. The standard InChI is InChI=1S/C18H24N2/c1-2-9-18(19)20(14-16-10-5-3-6-11-16)15-17-12-7-4-8-13-17/h3-8,10-13,18H,2,9,14-15,19H2,1H3. The fourth-order valence-electron chi connectivity index (χ4n) is 2.40. The second-order valence-corrected chi connectivity index (χ2v) is 5.23. The third kappa shape index (κ3) is 4.48. The van der Waals surface area contributed by atoms with E-state index in [9.17, 15) is 0 Å². The van der Waals surface area contributed by atoms with Gasteiger partial charge in [-0.3, -0.25) is 4.90 Å². The normalized spacial score (nSPS) is 12.6. The van der Waals surface area contributed by atoms with Crippen LogP contribution in [0.5, 0.6) is 0 Å². The van der Waals surface area contributed by atoms with Gasteiger partial charge in [0.25, 0.3) is 0 Å². The number of benzene rings is 2. The van der Waals surface area contributed by atoms with Crippen molar-refractivity contribution >= 4 is 0 Å². The van der Waals surface area contributed by atoms with Crippen molar-refractivity contribution in [3.05, 3.63) is 71.8 Å². The van der Waals surface area contributed by atoms with Gasteiger partial charge in [0.15, 0.2) is 0 Å². The zero-order chi connectivity index (χ0) is 14.2. The summed E-state index contributed by atoms with van der Waals surface area (Å²) < 4.78 is 0. The van der Waals surface area contributed by atoms with E-state index in [-0.39, 0.29) is 6.17 Å². The third-order valence-corrected chi connectivity index (χ3v) is 3.51. The minimum absolute atomic E-state index is 0.111. The van der Waals surface area contributed by atoms with E-state index in [2.05, 4.69) is 72.5 Å². The number of rotatable bonds is 7.